The summed E-state index contributed by atoms with van der Waals surface area (Å²) < 4.78 is 28.3. The second kappa shape index (κ2) is 5.76. The van der Waals surface area contributed by atoms with Crippen LogP contribution in [0.3, 0.4) is 0 Å². The minimum atomic E-state index is -0.784. The van der Waals surface area contributed by atoms with Gasteiger partial charge in [-0.25, -0.2) is 8.78 Å². The van der Waals surface area contributed by atoms with Crippen LogP contribution in [0.5, 0.6) is 0 Å². The van der Waals surface area contributed by atoms with Crippen LogP contribution in [-0.2, 0) is 4.79 Å². The molecule has 5 heteroatoms. The van der Waals surface area contributed by atoms with E-state index in [2.05, 4.69) is 9.80 Å². The number of carbonyl (C=O) groups excluding carboxylic acids is 1. The highest BCUT2D eigenvalue weighted by Crippen LogP contribution is 2.48. The molecule has 1 aliphatic carbocycles. The van der Waals surface area contributed by atoms with E-state index in [4.69, 9.17) is 0 Å². The van der Waals surface area contributed by atoms with Crippen molar-refractivity contribution in [2.24, 2.45) is 11.8 Å². The maximum absolute atomic E-state index is 14.5. The van der Waals surface area contributed by atoms with E-state index < -0.39 is 11.6 Å². The highest BCUT2D eigenvalue weighted by molar-refractivity contribution is 5.80. The SMILES string of the molecule is O=C(C1CCC1)N1C[C@@H](c2cccc(F)c2F)[C@@H]2[C@H]1C1CCN2CC1. The topological polar surface area (TPSA) is 23.6 Å². The Labute approximate surface area is 147 Å². The molecule has 3 nitrogen and oxygen atoms in total. The first-order valence-corrected chi connectivity index (χ1v) is 9.63. The van der Waals surface area contributed by atoms with E-state index in [0.717, 1.165) is 45.2 Å². The van der Waals surface area contributed by atoms with Crippen molar-refractivity contribution < 1.29 is 13.6 Å². The van der Waals surface area contributed by atoms with Crippen molar-refractivity contribution in [3.8, 4) is 0 Å². The van der Waals surface area contributed by atoms with Crippen molar-refractivity contribution in [3.05, 3.63) is 35.4 Å². The second-order valence-corrected chi connectivity index (χ2v) is 8.22. The number of fused-ring (bicyclic) bond motifs is 2. The molecule has 5 fully saturated rings. The molecule has 25 heavy (non-hydrogen) atoms. The van der Waals surface area contributed by atoms with Crippen LogP contribution in [0.4, 0.5) is 8.78 Å². The summed E-state index contributed by atoms with van der Waals surface area (Å²) in [5.41, 5.74) is 0.450. The Morgan fingerprint density at radius 1 is 1.04 bits per heavy atom. The van der Waals surface area contributed by atoms with E-state index in [9.17, 15) is 13.6 Å². The molecule has 6 rings (SSSR count). The lowest BCUT2D eigenvalue weighted by molar-refractivity contribution is -0.143. The molecule has 0 radical (unpaired) electrons. The molecular formula is C20H24F2N2O. The Kier molecular flexibility index (Phi) is 3.63. The maximum atomic E-state index is 14.5. The van der Waals surface area contributed by atoms with Crippen molar-refractivity contribution in [3.63, 3.8) is 0 Å². The lowest BCUT2D eigenvalue weighted by atomic mass is 9.75. The highest BCUT2D eigenvalue weighted by atomic mass is 19.2. The second-order valence-electron chi connectivity index (χ2n) is 8.22. The first-order chi connectivity index (χ1) is 12.1. The molecule has 2 bridgehead atoms. The monoisotopic (exact) mass is 346 g/mol. The number of likely N-dealkylation sites (tertiary alicyclic amines) is 1. The number of nitrogens with zero attached hydrogens (tertiary/aromatic N) is 2. The quantitative estimate of drug-likeness (QED) is 0.821. The number of piperidine rings is 3. The van der Waals surface area contributed by atoms with Gasteiger partial charge in [0.15, 0.2) is 11.6 Å². The Morgan fingerprint density at radius 3 is 2.48 bits per heavy atom. The molecule has 3 atom stereocenters. The molecule has 4 heterocycles. The zero-order valence-electron chi connectivity index (χ0n) is 14.3. The standard InChI is InChI=1S/C20H24F2N2O/c21-16-6-2-5-14(17(16)22)15-11-24(20(25)13-3-1-4-13)18-12-7-9-23(10-8-12)19(15)18/h2,5-6,12-13,15,18-19H,1,3-4,7-11H2/t15-,18+,19+/m0/s1. The van der Waals surface area contributed by atoms with Gasteiger partial charge in [-0.3, -0.25) is 9.69 Å². The Bertz CT molecular complexity index is 697. The van der Waals surface area contributed by atoms with Crippen molar-refractivity contribution in [1.29, 1.82) is 0 Å². The molecule has 134 valence electrons. The van der Waals surface area contributed by atoms with Crippen LogP contribution in [0.25, 0.3) is 0 Å². The summed E-state index contributed by atoms with van der Waals surface area (Å²) in [6, 6.07) is 4.81. The molecule has 0 spiro atoms. The lowest BCUT2D eigenvalue weighted by Crippen LogP contribution is -2.61. The molecular weight excluding hydrogens is 322 g/mol. The van der Waals surface area contributed by atoms with Gasteiger partial charge in [0.25, 0.3) is 0 Å². The molecule has 0 N–H and O–H groups in total. The lowest BCUT2D eigenvalue weighted by Gasteiger charge is -2.51. The molecule has 5 aliphatic rings. The first-order valence-electron chi connectivity index (χ1n) is 9.63. The summed E-state index contributed by atoms with van der Waals surface area (Å²) in [6.45, 7) is 2.58. The minimum Gasteiger partial charge on any atom is -0.337 e. The van der Waals surface area contributed by atoms with Crippen LogP contribution in [0.15, 0.2) is 18.2 Å². The van der Waals surface area contributed by atoms with Crippen LogP contribution in [0.1, 0.15) is 43.6 Å². The molecule has 1 aromatic rings. The van der Waals surface area contributed by atoms with Gasteiger partial charge in [0.2, 0.25) is 5.91 Å². The zero-order valence-corrected chi connectivity index (χ0v) is 14.3. The molecule has 0 aromatic heterocycles. The van der Waals surface area contributed by atoms with E-state index in [-0.39, 0.29) is 29.8 Å². The van der Waals surface area contributed by atoms with Gasteiger partial charge in [-0.2, -0.15) is 0 Å². The highest BCUT2D eigenvalue weighted by Gasteiger charge is 2.55. The summed E-state index contributed by atoms with van der Waals surface area (Å²) in [5.74, 6) is -0.698. The maximum Gasteiger partial charge on any atom is 0.226 e. The number of hydrogen-bond donors (Lipinski definition) is 0. The van der Waals surface area contributed by atoms with Gasteiger partial charge in [-0.15, -0.1) is 0 Å². The molecule has 1 saturated carbocycles. The number of rotatable bonds is 2. The third-order valence-corrected chi connectivity index (χ3v) is 7.11. The van der Waals surface area contributed by atoms with Crippen LogP contribution in [-0.4, -0.2) is 47.4 Å². The fraction of sp³-hybridized carbons (Fsp3) is 0.650. The van der Waals surface area contributed by atoms with Gasteiger partial charge in [-0.1, -0.05) is 18.6 Å². The minimum absolute atomic E-state index is 0.118. The van der Waals surface area contributed by atoms with Gasteiger partial charge in [0, 0.05) is 24.4 Å². The fourth-order valence-electron chi connectivity index (χ4n) is 5.64. The third kappa shape index (κ3) is 2.28. The number of amides is 1. The van der Waals surface area contributed by atoms with Gasteiger partial charge in [-0.05, 0) is 56.3 Å². The summed E-state index contributed by atoms with van der Waals surface area (Å²) in [4.78, 5) is 17.5. The van der Waals surface area contributed by atoms with Gasteiger partial charge < -0.3 is 4.90 Å². The molecule has 0 unspecified atom stereocenters. The normalized spacial score (nSPS) is 37.0. The first kappa shape index (κ1) is 15.7. The van der Waals surface area contributed by atoms with Gasteiger partial charge in [0.05, 0.1) is 6.04 Å². The number of carbonyl (C=O) groups is 1. The number of halogens is 2. The Balaban J connectivity index is 1.53. The van der Waals surface area contributed by atoms with Crippen molar-refractivity contribution in [2.75, 3.05) is 19.6 Å². The van der Waals surface area contributed by atoms with E-state index >= 15 is 0 Å². The number of hydrogen-bond acceptors (Lipinski definition) is 2. The predicted octanol–water partition coefficient (Wildman–Crippen LogP) is 3.15. The predicted molar refractivity (Wildman–Crippen MR) is 90.0 cm³/mol. The summed E-state index contributed by atoms with van der Waals surface area (Å²) in [6.07, 6.45) is 5.35. The Hall–Kier alpha value is -1.49. The van der Waals surface area contributed by atoms with Crippen molar-refractivity contribution in [1.82, 2.24) is 9.80 Å². The summed E-state index contributed by atoms with van der Waals surface area (Å²) in [7, 11) is 0. The van der Waals surface area contributed by atoms with E-state index in [1.54, 1.807) is 12.1 Å². The number of benzene rings is 1. The smallest absolute Gasteiger partial charge is 0.226 e. The van der Waals surface area contributed by atoms with Crippen LogP contribution < -0.4 is 0 Å². The van der Waals surface area contributed by atoms with Gasteiger partial charge >= 0.3 is 0 Å². The van der Waals surface area contributed by atoms with Crippen LogP contribution in [0.2, 0.25) is 0 Å². The third-order valence-electron chi connectivity index (χ3n) is 7.11. The van der Waals surface area contributed by atoms with Crippen molar-refractivity contribution >= 4 is 5.91 Å². The fourth-order valence-corrected chi connectivity index (χ4v) is 5.64. The molecule has 1 amide bonds. The van der Waals surface area contributed by atoms with Crippen LogP contribution in [0, 0.1) is 23.5 Å². The Morgan fingerprint density at radius 2 is 1.80 bits per heavy atom. The summed E-state index contributed by atoms with van der Waals surface area (Å²) >= 11 is 0. The molecule has 1 aromatic carbocycles. The average molecular weight is 346 g/mol. The largest absolute Gasteiger partial charge is 0.337 e. The van der Waals surface area contributed by atoms with Crippen LogP contribution >= 0.6 is 0 Å². The van der Waals surface area contributed by atoms with E-state index in [1.165, 1.54) is 6.07 Å². The van der Waals surface area contributed by atoms with E-state index in [0.29, 0.717) is 18.0 Å². The van der Waals surface area contributed by atoms with Gasteiger partial charge in [0.1, 0.15) is 0 Å². The zero-order chi connectivity index (χ0) is 17.1. The molecule has 4 aliphatic heterocycles. The summed E-state index contributed by atoms with van der Waals surface area (Å²) in [5, 5.41) is 0. The molecule has 4 saturated heterocycles. The van der Waals surface area contributed by atoms with E-state index in [1.807, 2.05) is 0 Å². The average Bonchev–Trinajstić information content (AvgIpc) is 2.99. The van der Waals surface area contributed by atoms with Crippen molar-refractivity contribution in [2.45, 2.75) is 50.1 Å².